The molecule has 1 saturated heterocycles. The molecular weight excluding hydrogens is 272 g/mol. The number of nitrogens with one attached hydrogen (secondary N) is 1. The molecular formula is C14H22N4O3. The molecule has 0 bridgehead atoms. The lowest BCUT2D eigenvalue weighted by Crippen LogP contribution is -2.27. The summed E-state index contributed by atoms with van der Waals surface area (Å²) in [5.74, 6) is 1.30. The van der Waals surface area contributed by atoms with E-state index in [0.29, 0.717) is 43.4 Å². The second kappa shape index (κ2) is 6.69. The average Bonchev–Trinajstić information content (AvgIpc) is 3.01. The summed E-state index contributed by atoms with van der Waals surface area (Å²) in [5.41, 5.74) is 0. The van der Waals surface area contributed by atoms with Gasteiger partial charge in [0.25, 0.3) is 0 Å². The lowest BCUT2D eigenvalue weighted by molar-refractivity contribution is -0.129. The first-order chi connectivity index (χ1) is 10.0. The molecule has 1 atom stereocenters. The van der Waals surface area contributed by atoms with Gasteiger partial charge in [-0.05, 0) is 19.3 Å². The summed E-state index contributed by atoms with van der Waals surface area (Å²) in [6.07, 6.45) is 1.70. The molecule has 0 radical (unpaired) electrons. The van der Waals surface area contributed by atoms with Crippen LogP contribution in [0.25, 0.3) is 0 Å². The van der Waals surface area contributed by atoms with Crippen molar-refractivity contribution in [3.05, 3.63) is 11.7 Å². The number of hydrogen-bond donors (Lipinski definition) is 1. The van der Waals surface area contributed by atoms with Gasteiger partial charge in [-0.25, -0.2) is 0 Å². The molecule has 7 heteroatoms. The highest BCUT2D eigenvalue weighted by molar-refractivity contribution is 5.78. The van der Waals surface area contributed by atoms with Gasteiger partial charge in [0.1, 0.15) is 6.04 Å². The maximum absolute atomic E-state index is 11.7. The third-order valence-electron chi connectivity index (χ3n) is 3.48. The molecule has 7 nitrogen and oxygen atoms in total. The van der Waals surface area contributed by atoms with Gasteiger partial charge in [0.15, 0.2) is 5.82 Å². The summed E-state index contributed by atoms with van der Waals surface area (Å²) in [7, 11) is 0. The molecule has 1 aliphatic rings. The van der Waals surface area contributed by atoms with Crippen molar-refractivity contribution in [3.63, 3.8) is 0 Å². The molecule has 2 heterocycles. The van der Waals surface area contributed by atoms with Crippen LogP contribution in [0.5, 0.6) is 0 Å². The minimum absolute atomic E-state index is 0.0254. The second-order valence-corrected chi connectivity index (χ2v) is 5.66. The number of likely N-dealkylation sites (tertiary alicyclic amines) is 1. The monoisotopic (exact) mass is 294 g/mol. The summed E-state index contributed by atoms with van der Waals surface area (Å²) in [5, 5.41) is 6.63. The summed E-state index contributed by atoms with van der Waals surface area (Å²) in [6, 6.07) is -0.130. The molecule has 0 saturated carbocycles. The highest BCUT2D eigenvalue weighted by Crippen LogP contribution is 2.31. The molecule has 1 N–H and O–H groups in total. The first-order valence-electron chi connectivity index (χ1n) is 7.39. The highest BCUT2D eigenvalue weighted by atomic mass is 16.5. The molecule has 1 aliphatic heterocycles. The van der Waals surface area contributed by atoms with Crippen molar-refractivity contribution >= 4 is 11.8 Å². The molecule has 21 heavy (non-hydrogen) atoms. The molecule has 2 amide bonds. The van der Waals surface area contributed by atoms with Gasteiger partial charge in [0.2, 0.25) is 17.7 Å². The Hall–Kier alpha value is -1.92. The van der Waals surface area contributed by atoms with Crippen LogP contribution in [-0.2, 0) is 16.1 Å². The standard InChI is InChI=1S/C14H22N4O3/c1-4-18-10(5-6-13(18)20)14-16-11(17-21-14)8-15-12(19)7-9(2)3/h9-10H,4-8H2,1-3H3,(H,15,19)/t10-/m0/s1. The van der Waals surface area contributed by atoms with Gasteiger partial charge in [-0.3, -0.25) is 9.59 Å². The van der Waals surface area contributed by atoms with Crippen LogP contribution >= 0.6 is 0 Å². The predicted octanol–water partition coefficient (Wildman–Crippen LogP) is 1.42. The maximum Gasteiger partial charge on any atom is 0.249 e. The molecule has 116 valence electrons. The number of hydrogen-bond acceptors (Lipinski definition) is 5. The zero-order valence-electron chi connectivity index (χ0n) is 12.8. The zero-order valence-corrected chi connectivity index (χ0v) is 12.8. The maximum atomic E-state index is 11.7. The van der Waals surface area contributed by atoms with Crippen LogP contribution in [0.4, 0.5) is 0 Å². The smallest absolute Gasteiger partial charge is 0.249 e. The molecule has 1 aromatic rings. The van der Waals surface area contributed by atoms with Crippen LogP contribution in [-0.4, -0.2) is 33.4 Å². The summed E-state index contributed by atoms with van der Waals surface area (Å²) in [6.45, 7) is 6.79. The third kappa shape index (κ3) is 3.80. The first kappa shape index (κ1) is 15.5. The van der Waals surface area contributed by atoms with Crippen LogP contribution in [0.15, 0.2) is 4.52 Å². The van der Waals surface area contributed by atoms with Crippen LogP contribution in [0.3, 0.4) is 0 Å². The van der Waals surface area contributed by atoms with Gasteiger partial charge in [-0.15, -0.1) is 0 Å². The van der Waals surface area contributed by atoms with Crippen LogP contribution < -0.4 is 5.32 Å². The predicted molar refractivity (Wildman–Crippen MR) is 75.0 cm³/mol. The number of aromatic nitrogens is 2. The Bertz CT molecular complexity index is 512. The number of carbonyl (C=O) groups excluding carboxylic acids is 2. The van der Waals surface area contributed by atoms with Crippen molar-refractivity contribution in [2.75, 3.05) is 6.54 Å². The minimum Gasteiger partial charge on any atom is -0.349 e. The molecule has 0 unspecified atom stereocenters. The van der Waals surface area contributed by atoms with E-state index in [2.05, 4.69) is 15.5 Å². The number of amides is 2. The average molecular weight is 294 g/mol. The molecule has 0 aromatic carbocycles. The zero-order chi connectivity index (χ0) is 15.4. The van der Waals surface area contributed by atoms with Crippen LogP contribution in [0.1, 0.15) is 57.8 Å². The lowest BCUT2D eigenvalue weighted by atomic mass is 10.1. The summed E-state index contributed by atoms with van der Waals surface area (Å²) < 4.78 is 5.24. The molecule has 1 aromatic heterocycles. The second-order valence-electron chi connectivity index (χ2n) is 5.66. The fraction of sp³-hybridized carbons (Fsp3) is 0.714. The van der Waals surface area contributed by atoms with Crippen molar-refractivity contribution in [2.45, 2.75) is 52.6 Å². The van der Waals surface area contributed by atoms with Gasteiger partial charge in [0.05, 0.1) is 6.54 Å². The Kier molecular flexibility index (Phi) is 4.93. The van der Waals surface area contributed by atoms with Gasteiger partial charge in [0, 0.05) is 19.4 Å². The van der Waals surface area contributed by atoms with E-state index in [1.165, 1.54) is 0 Å². The van der Waals surface area contributed by atoms with Crippen molar-refractivity contribution in [1.29, 1.82) is 0 Å². The lowest BCUT2D eigenvalue weighted by Gasteiger charge is -2.19. The molecule has 0 spiro atoms. The van der Waals surface area contributed by atoms with Crippen LogP contribution in [0, 0.1) is 5.92 Å². The minimum atomic E-state index is -0.130. The van der Waals surface area contributed by atoms with Gasteiger partial charge in [-0.2, -0.15) is 4.98 Å². The Balaban J connectivity index is 1.92. The van der Waals surface area contributed by atoms with E-state index in [9.17, 15) is 9.59 Å². The third-order valence-corrected chi connectivity index (χ3v) is 3.48. The van der Waals surface area contributed by atoms with Crippen molar-refractivity contribution < 1.29 is 14.1 Å². The topological polar surface area (TPSA) is 88.3 Å². The van der Waals surface area contributed by atoms with E-state index in [4.69, 9.17) is 4.52 Å². The van der Waals surface area contributed by atoms with E-state index >= 15 is 0 Å². The normalized spacial score (nSPS) is 18.6. The van der Waals surface area contributed by atoms with E-state index < -0.39 is 0 Å². The van der Waals surface area contributed by atoms with E-state index in [0.717, 1.165) is 0 Å². The van der Waals surface area contributed by atoms with Crippen molar-refractivity contribution in [2.24, 2.45) is 5.92 Å². The Morgan fingerprint density at radius 1 is 1.52 bits per heavy atom. The Labute approximate surface area is 124 Å². The van der Waals surface area contributed by atoms with E-state index in [1.54, 1.807) is 4.90 Å². The van der Waals surface area contributed by atoms with Crippen molar-refractivity contribution in [3.8, 4) is 0 Å². The number of carbonyl (C=O) groups is 2. The van der Waals surface area contributed by atoms with Gasteiger partial charge >= 0.3 is 0 Å². The highest BCUT2D eigenvalue weighted by Gasteiger charge is 2.34. The van der Waals surface area contributed by atoms with E-state index in [-0.39, 0.29) is 24.4 Å². The van der Waals surface area contributed by atoms with Gasteiger partial charge < -0.3 is 14.7 Å². The quantitative estimate of drug-likeness (QED) is 0.857. The fourth-order valence-corrected chi connectivity index (χ4v) is 2.48. The molecule has 0 aliphatic carbocycles. The number of rotatable bonds is 6. The SMILES string of the molecule is CCN1C(=O)CC[C@H]1c1nc(CNC(=O)CC(C)C)no1. The van der Waals surface area contributed by atoms with Crippen molar-refractivity contribution in [1.82, 2.24) is 20.4 Å². The Morgan fingerprint density at radius 2 is 2.29 bits per heavy atom. The number of nitrogens with zero attached hydrogens (tertiary/aromatic N) is 3. The molecule has 1 fully saturated rings. The van der Waals surface area contributed by atoms with E-state index in [1.807, 2.05) is 20.8 Å². The van der Waals surface area contributed by atoms with Crippen LogP contribution in [0.2, 0.25) is 0 Å². The largest absolute Gasteiger partial charge is 0.349 e. The first-order valence-corrected chi connectivity index (χ1v) is 7.39. The van der Waals surface area contributed by atoms with Gasteiger partial charge in [-0.1, -0.05) is 19.0 Å². The summed E-state index contributed by atoms with van der Waals surface area (Å²) in [4.78, 5) is 29.3. The molecule has 2 rings (SSSR count). The summed E-state index contributed by atoms with van der Waals surface area (Å²) >= 11 is 0. The fourth-order valence-electron chi connectivity index (χ4n) is 2.48. The Morgan fingerprint density at radius 3 is 2.95 bits per heavy atom.